The van der Waals surface area contributed by atoms with Crippen molar-refractivity contribution >= 4 is 0 Å². The summed E-state index contributed by atoms with van der Waals surface area (Å²) in [6.07, 6.45) is 8.60. The van der Waals surface area contributed by atoms with Crippen LogP contribution >= 0.6 is 0 Å². The predicted octanol–water partition coefficient (Wildman–Crippen LogP) is 3.52. The van der Waals surface area contributed by atoms with E-state index in [0.29, 0.717) is 5.41 Å². The molecule has 0 aromatic rings. The molecule has 1 saturated carbocycles. The minimum atomic E-state index is 0.569. The van der Waals surface area contributed by atoms with Crippen LogP contribution in [0.3, 0.4) is 0 Å². The van der Waals surface area contributed by atoms with Crippen LogP contribution in [0.25, 0.3) is 0 Å². The van der Waals surface area contributed by atoms with Crippen molar-refractivity contribution in [3.63, 3.8) is 0 Å². The van der Waals surface area contributed by atoms with Crippen LogP contribution in [0.1, 0.15) is 59.3 Å². The maximum Gasteiger partial charge on any atom is 0.00503 e. The van der Waals surface area contributed by atoms with Gasteiger partial charge in [-0.1, -0.05) is 33.6 Å². The highest BCUT2D eigenvalue weighted by Gasteiger charge is 2.36. The lowest BCUT2D eigenvalue weighted by Crippen LogP contribution is -2.48. The van der Waals surface area contributed by atoms with Gasteiger partial charge in [-0.05, 0) is 56.0 Å². The Labute approximate surface area is 120 Å². The molecule has 19 heavy (non-hydrogen) atoms. The van der Waals surface area contributed by atoms with Crippen molar-refractivity contribution in [1.82, 2.24) is 10.2 Å². The average molecular weight is 266 g/mol. The van der Waals surface area contributed by atoms with E-state index in [4.69, 9.17) is 0 Å². The standard InChI is InChI=1S/C17H34N2/c1-4-18-13-17(9-7-15(2)8-10-17)14-19-11-5-6-16(3)12-19/h15-16,18H,4-14H2,1-3H3. The van der Waals surface area contributed by atoms with Gasteiger partial charge in [0.15, 0.2) is 0 Å². The Balaban J connectivity index is 1.92. The molecule has 2 rings (SSSR count). The van der Waals surface area contributed by atoms with Crippen molar-refractivity contribution in [2.45, 2.75) is 59.3 Å². The first kappa shape index (κ1) is 15.3. The fraction of sp³-hybridized carbons (Fsp3) is 1.00. The van der Waals surface area contributed by atoms with Crippen molar-refractivity contribution in [2.75, 3.05) is 32.7 Å². The largest absolute Gasteiger partial charge is 0.316 e. The van der Waals surface area contributed by atoms with Crippen LogP contribution in [0.15, 0.2) is 0 Å². The first-order chi connectivity index (χ1) is 9.13. The lowest BCUT2D eigenvalue weighted by atomic mass is 9.70. The van der Waals surface area contributed by atoms with Crippen LogP contribution in [0.5, 0.6) is 0 Å². The Morgan fingerprint density at radius 2 is 1.84 bits per heavy atom. The summed E-state index contributed by atoms with van der Waals surface area (Å²) >= 11 is 0. The molecule has 2 heteroatoms. The van der Waals surface area contributed by atoms with Crippen LogP contribution in [0, 0.1) is 17.3 Å². The zero-order valence-corrected chi connectivity index (χ0v) is 13.4. The SMILES string of the molecule is CCNCC1(CN2CCCC(C)C2)CCC(C)CC1. The van der Waals surface area contributed by atoms with E-state index in [0.717, 1.165) is 18.4 Å². The summed E-state index contributed by atoms with van der Waals surface area (Å²) in [7, 11) is 0. The first-order valence-electron chi connectivity index (χ1n) is 8.56. The second kappa shape index (κ2) is 7.08. The van der Waals surface area contributed by atoms with Crippen LogP contribution in [0.4, 0.5) is 0 Å². The van der Waals surface area contributed by atoms with Gasteiger partial charge in [0.05, 0.1) is 0 Å². The molecule has 0 aromatic carbocycles. The third kappa shape index (κ3) is 4.46. The van der Waals surface area contributed by atoms with Gasteiger partial charge in [0, 0.05) is 19.6 Å². The third-order valence-corrected chi connectivity index (χ3v) is 5.39. The summed E-state index contributed by atoms with van der Waals surface area (Å²) in [5, 5.41) is 3.65. The highest BCUT2D eigenvalue weighted by molar-refractivity contribution is 4.90. The van der Waals surface area contributed by atoms with Gasteiger partial charge in [-0.25, -0.2) is 0 Å². The van der Waals surface area contributed by atoms with Crippen LogP contribution in [0.2, 0.25) is 0 Å². The third-order valence-electron chi connectivity index (χ3n) is 5.39. The van der Waals surface area contributed by atoms with Crippen LogP contribution in [-0.4, -0.2) is 37.6 Å². The molecule has 112 valence electrons. The molecule has 1 atom stereocenters. The molecule has 1 N–H and O–H groups in total. The molecular formula is C17H34N2. The van der Waals surface area contributed by atoms with E-state index in [9.17, 15) is 0 Å². The summed E-state index contributed by atoms with van der Waals surface area (Å²) in [5.41, 5.74) is 0.569. The van der Waals surface area contributed by atoms with Crippen molar-refractivity contribution in [3.05, 3.63) is 0 Å². The topological polar surface area (TPSA) is 15.3 Å². The molecular weight excluding hydrogens is 232 g/mol. The van der Waals surface area contributed by atoms with Gasteiger partial charge in [0.2, 0.25) is 0 Å². The van der Waals surface area contributed by atoms with Crippen LogP contribution < -0.4 is 5.32 Å². The molecule has 2 fully saturated rings. The van der Waals surface area contributed by atoms with Gasteiger partial charge in [-0.15, -0.1) is 0 Å². The molecule has 0 aromatic heterocycles. The van der Waals surface area contributed by atoms with Gasteiger partial charge in [-0.3, -0.25) is 0 Å². The number of hydrogen-bond donors (Lipinski definition) is 1. The number of rotatable bonds is 5. The summed E-state index contributed by atoms with van der Waals surface area (Å²) in [5.74, 6) is 1.86. The van der Waals surface area contributed by atoms with Gasteiger partial charge < -0.3 is 10.2 Å². The first-order valence-corrected chi connectivity index (χ1v) is 8.56. The molecule has 2 nitrogen and oxygen atoms in total. The van der Waals surface area contributed by atoms with E-state index in [1.165, 1.54) is 64.7 Å². The molecule has 2 aliphatic rings. The quantitative estimate of drug-likeness (QED) is 0.819. The van der Waals surface area contributed by atoms with Gasteiger partial charge in [-0.2, -0.15) is 0 Å². The molecule has 1 aliphatic heterocycles. The molecule has 1 aliphatic carbocycles. The van der Waals surface area contributed by atoms with Crippen LogP contribution in [-0.2, 0) is 0 Å². The molecule has 0 radical (unpaired) electrons. The minimum Gasteiger partial charge on any atom is -0.316 e. The Morgan fingerprint density at radius 3 is 2.47 bits per heavy atom. The zero-order chi connectivity index (χ0) is 13.7. The lowest BCUT2D eigenvalue weighted by Gasteiger charge is -2.44. The molecule has 1 saturated heterocycles. The van der Waals surface area contributed by atoms with Crippen molar-refractivity contribution in [3.8, 4) is 0 Å². The van der Waals surface area contributed by atoms with E-state index < -0.39 is 0 Å². The van der Waals surface area contributed by atoms with E-state index in [-0.39, 0.29) is 0 Å². The lowest BCUT2D eigenvalue weighted by molar-refractivity contribution is 0.0648. The smallest absolute Gasteiger partial charge is 0.00503 e. The van der Waals surface area contributed by atoms with E-state index in [1.807, 2.05) is 0 Å². The Bertz CT molecular complexity index is 250. The molecule has 0 amide bonds. The normalized spacial score (nSPS) is 37.4. The molecule has 1 unspecified atom stereocenters. The van der Waals surface area contributed by atoms with Gasteiger partial charge in [0.1, 0.15) is 0 Å². The fourth-order valence-electron chi connectivity index (χ4n) is 4.06. The highest BCUT2D eigenvalue weighted by Crippen LogP contribution is 2.39. The minimum absolute atomic E-state index is 0.569. The fourth-order valence-corrected chi connectivity index (χ4v) is 4.06. The van der Waals surface area contributed by atoms with E-state index in [1.54, 1.807) is 0 Å². The summed E-state index contributed by atoms with van der Waals surface area (Å²) in [6.45, 7) is 13.5. The number of nitrogens with zero attached hydrogens (tertiary/aromatic N) is 1. The van der Waals surface area contributed by atoms with Crippen molar-refractivity contribution in [2.24, 2.45) is 17.3 Å². The van der Waals surface area contributed by atoms with Gasteiger partial charge >= 0.3 is 0 Å². The number of piperidine rings is 1. The zero-order valence-electron chi connectivity index (χ0n) is 13.4. The summed E-state index contributed by atoms with van der Waals surface area (Å²) in [6, 6.07) is 0. The summed E-state index contributed by atoms with van der Waals surface area (Å²) in [4.78, 5) is 2.77. The number of hydrogen-bond acceptors (Lipinski definition) is 2. The molecule has 1 heterocycles. The Kier molecular flexibility index (Phi) is 5.70. The van der Waals surface area contributed by atoms with E-state index >= 15 is 0 Å². The predicted molar refractivity (Wildman–Crippen MR) is 83.4 cm³/mol. The second-order valence-corrected chi connectivity index (χ2v) is 7.45. The average Bonchev–Trinajstić information content (AvgIpc) is 2.40. The second-order valence-electron chi connectivity index (χ2n) is 7.45. The summed E-state index contributed by atoms with van der Waals surface area (Å²) < 4.78 is 0. The maximum atomic E-state index is 3.65. The van der Waals surface area contributed by atoms with Crippen molar-refractivity contribution < 1.29 is 0 Å². The molecule has 0 bridgehead atoms. The van der Waals surface area contributed by atoms with Gasteiger partial charge in [0.25, 0.3) is 0 Å². The van der Waals surface area contributed by atoms with Crippen molar-refractivity contribution in [1.29, 1.82) is 0 Å². The molecule has 0 spiro atoms. The Hall–Kier alpha value is -0.0800. The monoisotopic (exact) mass is 266 g/mol. The highest BCUT2D eigenvalue weighted by atomic mass is 15.1. The number of nitrogens with one attached hydrogen (secondary N) is 1. The maximum absolute atomic E-state index is 3.65. The number of likely N-dealkylation sites (tertiary alicyclic amines) is 1. The van der Waals surface area contributed by atoms with E-state index in [2.05, 4.69) is 31.0 Å². The Morgan fingerprint density at radius 1 is 1.11 bits per heavy atom.